The molecule has 0 saturated carbocycles. The van der Waals surface area contributed by atoms with E-state index in [1.807, 2.05) is 6.92 Å². The molecule has 5 heteroatoms. The van der Waals surface area contributed by atoms with Gasteiger partial charge >= 0.3 is 5.97 Å². The Bertz CT molecular complexity index is 943. The van der Waals surface area contributed by atoms with Gasteiger partial charge in [0.2, 0.25) is 5.76 Å². The van der Waals surface area contributed by atoms with E-state index in [1.165, 1.54) is 12.1 Å². The van der Waals surface area contributed by atoms with Crippen LogP contribution in [0.2, 0.25) is 0 Å². The summed E-state index contributed by atoms with van der Waals surface area (Å²) < 4.78 is 23.9. The van der Waals surface area contributed by atoms with Gasteiger partial charge in [-0.15, -0.1) is 0 Å². The van der Waals surface area contributed by atoms with Gasteiger partial charge in [0.15, 0.2) is 5.43 Å². The van der Waals surface area contributed by atoms with Crippen LogP contribution >= 0.6 is 0 Å². The Hall–Kier alpha value is -2.95. The maximum absolute atomic E-state index is 13.5. The van der Waals surface area contributed by atoms with Gasteiger partial charge in [0.1, 0.15) is 18.0 Å². The van der Waals surface area contributed by atoms with Crippen molar-refractivity contribution >= 4 is 16.9 Å². The smallest absolute Gasteiger partial charge is 0.374 e. The van der Waals surface area contributed by atoms with Crippen molar-refractivity contribution in [2.75, 3.05) is 0 Å². The van der Waals surface area contributed by atoms with Gasteiger partial charge in [0.05, 0.1) is 5.39 Å². The molecule has 116 valence electrons. The third-order valence-corrected chi connectivity index (χ3v) is 3.40. The Morgan fingerprint density at radius 1 is 1.17 bits per heavy atom. The van der Waals surface area contributed by atoms with Crippen LogP contribution in [0.5, 0.6) is 0 Å². The van der Waals surface area contributed by atoms with Crippen molar-refractivity contribution in [1.82, 2.24) is 0 Å². The van der Waals surface area contributed by atoms with Crippen LogP contribution in [-0.2, 0) is 11.3 Å². The largest absolute Gasteiger partial charge is 0.455 e. The van der Waals surface area contributed by atoms with Gasteiger partial charge in [0.25, 0.3) is 0 Å². The number of aryl methyl sites for hydroxylation is 1. The van der Waals surface area contributed by atoms with Crippen LogP contribution < -0.4 is 5.43 Å². The third-order valence-electron chi connectivity index (χ3n) is 3.40. The zero-order chi connectivity index (χ0) is 16.4. The van der Waals surface area contributed by atoms with E-state index in [1.54, 1.807) is 30.3 Å². The molecule has 0 spiro atoms. The zero-order valence-corrected chi connectivity index (χ0v) is 12.3. The van der Waals surface area contributed by atoms with Crippen molar-refractivity contribution in [3.05, 3.63) is 81.5 Å². The van der Waals surface area contributed by atoms with Crippen LogP contribution in [-0.4, -0.2) is 5.97 Å². The summed E-state index contributed by atoms with van der Waals surface area (Å²) in [5.74, 6) is -1.48. The molecule has 0 unspecified atom stereocenters. The van der Waals surface area contributed by atoms with Crippen LogP contribution in [0.3, 0.4) is 0 Å². The number of esters is 1. The van der Waals surface area contributed by atoms with E-state index in [4.69, 9.17) is 9.15 Å². The normalized spacial score (nSPS) is 10.7. The number of halogens is 1. The molecule has 1 aromatic heterocycles. The van der Waals surface area contributed by atoms with E-state index in [0.717, 1.165) is 11.6 Å². The Labute approximate surface area is 131 Å². The molecular formula is C18H13FO4. The molecule has 23 heavy (non-hydrogen) atoms. The SMILES string of the molecule is Cc1ccc2oc(C(=O)OCc3ccccc3F)cc(=O)c2c1. The molecule has 0 N–H and O–H groups in total. The van der Waals surface area contributed by atoms with Crippen LogP contribution in [0.1, 0.15) is 21.7 Å². The molecule has 0 bridgehead atoms. The lowest BCUT2D eigenvalue weighted by Gasteiger charge is -2.06. The van der Waals surface area contributed by atoms with Crippen molar-refractivity contribution in [3.8, 4) is 0 Å². The highest BCUT2D eigenvalue weighted by Crippen LogP contribution is 2.15. The van der Waals surface area contributed by atoms with Gasteiger partial charge < -0.3 is 9.15 Å². The molecule has 1 heterocycles. The first-order valence-corrected chi connectivity index (χ1v) is 6.99. The first-order valence-electron chi connectivity index (χ1n) is 6.99. The van der Waals surface area contributed by atoms with Crippen molar-refractivity contribution in [2.24, 2.45) is 0 Å². The molecule has 0 saturated heterocycles. The third kappa shape index (κ3) is 3.13. The van der Waals surface area contributed by atoms with Gasteiger partial charge in [-0.2, -0.15) is 0 Å². The van der Waals surface area contributed by atoms with Crippen LogP contribution in [0.15, 0.2) is 57.7 Å². The predicted molar refractivity (Wildman–Crippen MR) is 82.7 cm³/mol. The molecule has 3 aromatic rings. The number of carbonyl (C=O) groups is 1. The van der Waals surface area contributed by atoms with E-state index < -0.39 is 11.8 Å². The van der Waals surface area contributed by atoms with Crippen LogP contribution in [0, 0.1) is 12.7 Å². The Kier molecular flexibility index (Phi) is 3.93. The Morgan fingerprint density at radius 2 is 1.96 bits per heavy atom. The van der Waals surface area contributed by atoms with Crippen LogP contribution in [0.4, 0.5) is 4.39 Å². The minimum atomic E-state index is -0.812. The fraction of sp³-hybridized carbons (Fsp3) is 0.111. The van der Waals surface area contributed by atoms with Crippen LogP contribution in [0.25, 0.3) is 11.0 Å². The van der Waals surface area contributed by atoms with Crippen molar-refractivity contribution in [3.63, 3.8) is 0 Å². The summed E-state index contributed by atoms with van der Waals surface area (Å²) in [6, 6.07) is 12.2. The van der Waals surface area contributed by atoms with Crippen molar-refractivity contribution in [1.29, 1.82) is 0 Å². The number of hydrogen-bond donors (Lipinski definition) is 0. The van der Waals surface area contributed by atoms with Gasteiger partial charge in [-0.3, -0.25) is 4.79 Å². The molecule has 0 amide bonds. The number of ether oxygens (including phenoxy) is 1. The Morgan fingerprint density at radius 3 is 2.74 bits per heavy atom. The van der Waals surface area contributed by atoms with E-state index >= 15 is 0 Å². The van der Waals surface area contributed by atoms with E-state index in [2.05, 4.69) is 0 Å². The van der Waals surface area contributed by atoms with Crippen molar-refractivity contribution in [2.45, 2.75) is 13.5 Å². The second kappa shape index (κ2) is 6.04. The Balaban J connectivity index is 1.85. The summed E-state index contributed by atoms with van der Waals surface area (Å²) in [4.78, 5) is 24.1. The highest BCUT2D eigenvalue weighted by Gasteiger charge is 2.14. The van der Waals surface area contributed by atoms with Gasteiger partial charge in [-0.05, 0) is 25.1 Å². The molecule has 2 aromatic carbocycles. The summed E-state index contributed by atoms with van der Waals surface area (Å²) in [5.41, 5.74) is 1.15. The lowest BCUT2D eigenvalue weighted by atomic mass is 10.1. The molecule has 0 aliphatic carbocycles. The maximum Gasteiger partial charge on any atom is 0.374 e. The minimum Gasteiger partial charge on any atom is -0.455 e. The van der Waals surface area contributed by atoms with Gasteiger partial charge in [-0.25, -0.2) is 9.18 Å². The molecular weight excluding hydrogens is 299 g/mol. The summed E-state index contributed by atoms with van der Waals surface area (Å²) in [6.07, 6.45) is 0. The number of carbonyl (C=O) groups excluding carboxylic acids is 1. The number of fused-ring (bicyclic) bond motifs is 1. The summed E-state index contributed by atoms with van der Waals surface area (Å²) in [7, 11) is 0. The van der Waals surface area contributed by atoms with E-state index in [-0.39, 0.29) is 23.4 Å². The highest BCUT2D eigenvalue weighted by atomic mass is 19.1. The zero-order valence-electron chi connectivity index (χ0n) is 12.3. The van der Waals surface area contributed by atoms with E-state index in [9.17, 15) is 14.0 Å². The molecule has 0 aliphatic rings. The number of benzene rings is 2. The fourth-order valence-corrected chi connectivity index (χ4v) is 2.20. The molecule has 3 rings (SSSR count). The first-order chi connectivity index (χ1) is 11.0. The van der Waals surface area contributed by atoms with Gasteiger partial charge in [-0.1, -0.05) is 29.8 Å². The molecule has 0 aliphatic heterocycles. The second-order valence-corrected chi connectivity index (χ2v) is 5.14. The quantitative estimate of drug-likeness (QED) is 0.693. The maximum atomic E-state index is 13.5. The summed E-state index contributed by atoms with van der Waals surface area (Å²) in [6.45, 7) is 1.62. The lowest BCUT2D eigenvalue weighted by Crippen LogP contribution is -2.10. The standard InChI is InChI=1S/C18H13FO4/c1-11-6-7-16-13(8-11)15(20)9-17(23-16)18(21)22-10-12-4-2-3-5-14(12)19/h2-9H,10H2,1H3. The topological polar surface area (TPSA) is 56.5 Å². The monoisotopic (exact) mass is 312 g/mol. The summed E-state index contributed by atoms with van der Waals surface area (Å²) >= 11 is 0. The van der Waals surface area contributed by atoms with E-state index in [0.29, 0.717) is 11.0 Å². The van der Waals surface area contributed by atoms with Gasteiger partial charge in [0, 0.05) is 11.6 Å². The molecule has 0 atom stereocenters. The minimum absolute atomic E-state index is 0.206. The number of rotatable bonds is 3. The fourth-order valence-electron chi connectivity index (χ4n) is 2.20. The predicted octanol–water partition coefficient (Wildman–Crippen LogP) is 3.60. The lowest BCUT2D eigenvalue weighted by molar-refractivity contribution is 0.0433. The highest BCUT2D eigenvalue weighted by molar-refractivity contribution is 5.89. The number of hydrogen-bond acceptors (Lipinski definition) is 4. The second-order valence-electron chi connectivity index (χ2n) is 5.14. The average molecular weight is 312 g/mol. The molecule has 0 radical (unpaired) electrons. The molecule has 0 fully saturated rings. The molecule has 4 nitrogen and oxygen atoms in total. The first kappa shape index (κ1) is 15.0. The summed E-state index contributed by atoms with van der Waals surface area (Å²) in [5, 5.41) is 0.399. The van der Waals surface area contributed by atoms with Crippen molar-refractivity contribution < 1.29 is 18.3 Å². The average Bonchev–Trinajstić information content (AvgIpc) is 2.54.